The maximum Gasteiger partial charge on any atom is 0.191 e. The molecule has 2 aromatic carbocycles. The van der Waals surface area contributed by atoms with Gasteiger partial charge < -0.3 is 15.2 Å². The Morgan fingerprint density at radius 2 is 1.93 bits per heavy atom. The Morgan fingerprint density at radius 3 is 2.62 bits per heavy atom. The van der Waals surface area contributed by atoms with Crippen molar-refractivity contribution in [1.29, 1.82) is 0 Å². The van der Waals surface area contributed by atoms with E-state index in [4.69, 9.17) is 23.2 Å². The fourth-order valence-electron chi connectivity index (χ4n) is 2.92. The van der Waals surface area contributed by atoms with Gasteiger partial charge in [-0.1, -0.05) is 59.6 Å². The van der Waals surface area contributed by atoms with Gasteiger partial charge in [-0.2, -0.15) is 0 Å². The summed E-state index contributed by atoms with van der Waals surface area (Å²) in [5.74, 6) is 1.61. The van der Waals surface area contributed by atoms with Gasteiger partial charge in [-0.15, -0.1) is 24.0 Å². The Morgan fingerprint density at radius 1 is 1.17 bits per heavy atom. The predicted molar refractivity (Wildman–Crippen MR) is 131 cm³/mol. The third kappa shape index (κ3) is 6.62. The van der Waals surface area contributed by atoms with Crippen LogP contribution in [0.4, 0.5) is 0 Å². The quantitative estimate of drug-likeness (QED) is 0.252. The van der Waals surface area contributed by atoms with E-state index >= 15 is 0 Å². The zero-order chi connectivity index (χ0) is 19.9. The van der Waals surface area contributed by atoms with Crippen LogP contribution < -0.4 is 10.6 Å². The van der Waals surface area contributed by atoms with Gasteiger partial charge in [0.1, 0.15) is 5.82 Å². The largest absolute Gasteiger partial charge is 0.350 e. The molecule has 1 aromatic heterocycles. The normalized spacial score (nSPS) is 12.2. The van der Waals surface area contributed by atoms with Crippen molar-refractivity contribution in [2.45, 2.75) is 26.1 Å². The van der Waals surface area contributed by atoms with Crippen molar-refractivity contribution in [2.24, 2.45) is 4.99 Å². The van der Waals surface area contributed by atoms with Gasteiger partial charge in [-0.25, -0.2) is 4.98 Å². The van der Waals surface area contributed by atoms with Crippen LogP contribution in [0, 0.1) is 0 Å². The molecule has 5 nitrogen and oxygen atoms in total. The number of aliphatic imine (C=N–C) groups is 1. The molecule has 0 amide bonds. The van der Waals surface area contributed by atoms with Crippen molar-refractivity contribution in [2.75, 3.05) is 7.05 Å². The number of halogens is 3. The van der Waals surface area contributed by atoms with Gasteiger partial charge in [0.15, 0.2) is 5.96 Å². The first-order valence-corrected chi connectivity index (χ1v) is 9.78. The molecule has 0 spiro atoms. The average Bonchev–Trinajstić information content (AvgIpc) is 3.12. The summed E-state index contributed by atoms with van der Waals surface area (Å²) >= 11 is 12.3. The highest BCUT2D eigenvalue weighted by Gasteiger charge is 2.12. The molecule has 8 heteroatoms. The summed E-state index contributed by atoms with van der Waals surface area (Å²) in [6.45, 7) is 3.36. The lowest BCUT2D eigenvalue weighted by Crippen LogP contribution is -2.38. The number of imidazole rings is 1. The van der Waals surface area contributed by atoms with Gasteiger partial charge >= 0.3 is 0 Å². The highest BCUT2D eigenvalue weighted by molar-refractivity contribution is 14.0. The van der Waals surface area contributed by atoms with Crippen molar-refractivity contribution < 1.29 is 0 Å². The van der Waals surface area contributed by atoms with Gasteiger partial charge in [0.05, 0.1) is 12.6 Å². The maximum absolute atomic E-state index is 6.31. The molecule has 0 saturated carbocycles. The molecule has 3 rings (SSSR count). The first-order valence-electron chi connectivity index (χ1n) is 9.03. The molecule has 1 atom stereocenters. The first-order chi connectivity index (χ1) is 13.6. The number of nitrogens with one attached hydrogen (secondary N) is 2. The smallest absolute Gasteiger partial charge is 0.191 e. The van der Waals surface area contributed by atoms with E-state index in [9.17, 15) is 0 Å². The van der Waals surface area contributed by atoms with Crippen LogP contribution in [0.3, 0.4) is 0 Å². The van der Waals surface area contributed by atoms with E-state index in [0.717, 1.165) is 17.9 Å². The van der Waals surface area contributed by atoms with E-state index in [2.05, 4.69) is 37.3 Å². The zero-order valence-electron chi connectivity index (χ0n) is 16.3. The van der Waals surface area contributed by atoms with E-state index in [1.54, 1.807) is 13.1 Å². The molecular weight excluding hydrogens is 520 g/mol. The predicted octanol–water partition coefficient (Wildman–Crippen LogP) is 5.28. The fourth-order valence-corrected chi connectivity index (χ4v) is 3.50. The molecule has 29 heavy (non-hydrogen) atoms. The minimum atomic E-state index is -0.0277. The molecular formula is C21H24Cl2IN5. The standard InChI is InChI=1S/C21H23Cl2N5.HI/c1-15(18-9-8-17(22)12-19(18)23)27-21(24-2)26-13-20-25-10-11-28(20)14-16-6-4-3-5-7-16;/h3-12,15H,13-14H2,1-2H3,(H2,24,26,27);1H. The van der Waals surface area contributed by atoms with Gasteiger partial charge in [0.25, 0.3) is 0 Å². The summed E-state index contributed by atoms with van der Waals surface area (Å²) in [6, 6.07) is 15.8. The number of aromatic nitrogens is 2. The van der Waals surface area contributed by atoms with Crippen molar-refractivity contribution in [3.63, 3.8) is 0 Å². The van der Waals surface area contributed by atoms with Crippen molar-refractivity contribution in [3.05, 3.63) is 87.9 Å². The Labute approximate surface area is 198 Å². The van der Waals surface area contributed by atoms with Gasteiger partial charge in [0, 0.05) is 36.0 Å². The summed E-state index contributed by atoms with van der Waals surface area (Å²) in [4.78, 5) is 8.76. The Kier molecular flexibility index (Phi) is 9.26. The highest BCUT2D eigenvalue weighted by Crippen LogP contribution is 2.26. The molecule has 154 valence electrons. The molecule has 0 aliphatic rings. The molecule has 2 N–H and O–H groups in total. The topological polar surface area (TPSA) is 54.2 Å². The number of nitrogens with zero attached hydrogens (tertiary/aromatic N) is 3. The second-order valence-electron chi connectivity index (χ2n) is 6.41. The van der Waals surface area contributed by atoms with Crippen LogP contribution in [0.1, 0.15) is 29.9 Å². The van der Waals surface area contributed by atoms with Gasteiger partial charge in [0.2, 0.25) is 0 Å². The summed E-state index contributed by atoms with van der Waals surface area (Å²) in [5, 5.41) is 7.91. The Balaban J connectivity index is 0.00000300. The van der Waals surface area contributed by atoms with Crippen LogP contribution in [-0.4, -0.2) is 22.6 Å². The molecule has 0 bridgehead atoms. The van der Waals surface area contributed by atoms with Crippen molar-refractivity contribution in [1.82, 2.24) is 20.2 Å². The number of benzene rings is 2. The number of hydrogen-bond acceptors (Lipinski definition) is 2. The van der Waals surface area contributed by atoms with E-state index in [-0.39, 0.29) is 30.0 Å². The third-order valence-electron chi connectivity index (χ3n) is 4.42. The first kappa shape index (κ1) is 23.5. The second kappa shape index (κ2) is 11.4. The van der Waals surface area contributed by atoms with Gasteiger partial charge in [-0.3, -0.25) is 4.99 Å². The monoisotopic (exact) mass is 543 g/mol. The molecule has 0 aliphatic carbocycles. The highest BCUT2D eigenvalue weighted by atomic mass is 127. The molecule has 1 heterocycles. The lowest BCUT2D eigenvalue weighted by molar-refractivity contribution is 0.658. The maximum atomic E-state index is 6.31. The lowest BCUT2D eigenvalue weighted by atomic mass is 10.1. The van der Waals surface area contributed by atoms with Gasteiger partial charge in [-0.05, 0) is 30.2 Å². The van der Waals surface area contributed by atoms with Crippen molar-refractivity contribution in [3.8, 4) is 0 Å². The molecule has 1 unspecified atom stereocenters. The zero-order valence-corrected chi connectivity index (χ0v) is 20.1. The van der Waals surface area contributed by atoms with E-state index in [0.29, 0.717) is 22.5 Å². The number of hydrogen-bond donors (Lipinski definition) is 2. The second-order valence-corrected chi connectivity index (χ2v) is 7.26. The summed E-state index contributed by atoms with van der Waals surface area (Å²) < 4.78 is 2.12. The minimum Gasteiger partial charge on any atom is -0.350 e. The Bertz CT molecular complexity index is 943. The molecule has 0 fully saturated rings. The SMILES string of the molecule is CN=C(NCc1nccn1Cc1ccccc1)NC(C)c1ccc(Cl)cc1Cl.I. The summed E-state index contributed by atoms with van der Waals surface area (Å²) in [7, 11) is 1.74. The summed E-state index contributed by atoms with van der Waals surface area (Å²) in [5.41, 5.74) is 2.19. The minimum absolute atomic E-state index is 0. The molecule has 0 aliphatic heterocycles. The lowest BCUT2D eigenvalue weighted by Gasteiger charge is -2.19. The number of rotatable bonds is 6. The Hall–Kier alpha value is -1.77. The van der Waals surface area contributed by atoms with E-state index in [1.165, 1.54) is 5.56 Å². The summed E-state index contributed by atoms with van der Waals surface area (Å²) in [6.07, 6.45) is 3.79. The molecule has 3 aromatic rings. The fraction of sp³-hybridized carbons (Fsp3) is 0.238. The molecule has 0 saturated heterocycles. The van der Waals surface area contributed by atoms with Crippen LogP contribution in [0.5, 0.6) is 0 Å². The van der Waals surface area contributed by atoms with Crippen LogP contribution in [0.25, 0.3) is 0 Å². The van der Waals surface area contributed by atoms with Crippen LogP contribution >= 0.6 is 47.2 Å². The van der Waals surface area contributed by atoms with Crippen LogP contribution in [0.2, 0.25) is 10.0 Å². The van der Waals surface area contributed by atoms with E-state index in [1.807, 2.05) is 49.6 Å². The number of guanidine groups is 1. The molecule has 0 radical (unpaired) electrons. The average molecular weight is 544 g/mol. The van der Waals surface area contributed by atoms with Crippen LogP contribution in [-0.2, 0) is 13.1 Å². The third-order valence-corrected chi connectivity index (χ3v) is 4.98. The van der Waals surface area contributed by atoms with E-state index < -0.39 is 0 Å². The van der Waals surface area contributed by atoms with Crippen molar-refractivity contribution >= 4 is 53.1 Å². The van der Waals surface area contributed by atoms with Crippen LogP contribution in [0.15, 0.2) is 65.9 Å².